The van der Waals surface area contributed by atoms with Crippen molar-refractivity contribution in [2.24, 2.45) is 5.92 Å². The van der Waals surface area contributed by atoms with Gasteiger partial charge in [-0.05, 0) is 63.1 Å². The summed E-state index contributed by atoms with van der Waals surface area (Å²) in [5, 5.41) is 5.19. The van der Waals surface area contributed by atoms with E-state index in [4.69, 9.17) is 21.7 Å². The van der Waals surface area contributed by atoms with E-state index in [0.717, 1.165) is 80.1 Å². The van der Waals surface area contributed by atoms with E-state index in [1.807, 2.05) is 12.3 Å². The topological polar surface area (TPSA) is 99.9 Å². The molecule has 1 N–H and O–H groups in total. The zero-order valence-corrected chi connectivity index (χ0v) is 23.0. The number of nitrogens with one attached hydrogen (secondary N) is 1. The Hall–Kier alpha value is -2.85. The fraction of sp³-hybridized carbons (Fsp3) is 0.500. The molecule has 1 atom stereocenters. The molecule has 2 fully saturated rings. The molecule has 2 aliphatic heterocycles. The number of hydrogen-bond acceptors (Lipinski definition) is 6. The number of amides is 1. The van der Waals surface area contributed by atoms with Crippen LogP contribution in [0.15, 0.2) is 30.5 Å². The maximum absolute atomic E-state index is 13.8. The number of fused-ring (bicyclic) bond motifs is 1. The van der Waals surface area contributed by atoms with Crippen molar-refractivity contribution in [3.8, 4) is 0 Å². The Morgan fingerprint density at radius 1 is 1.11 bits per heavy atom. The first-order valence-corrected chi connectivity index (χ1v) is 15.1. The minimum atomic E-state index is -3.57. The molecule has 3 aromatic rings. The SMILES string of the molecule is Cc1cn2nc([C@@H]3CCCCN3C(=O)c3cc(Cl)ccc3NS(C)(=O)=O)cc2nc1N1CCC(C)CC1. The van der Waals surface area contributed by atoms with Gasteiger partial charge in [-0.25, -0.2) is 17.9 Å². The van der Waals surface area contributed by atoms with Gasteiger partial charge in [0.2, 0.25) is 10.0 Å². The van der Waals surface area contributed by atoms with Gasteiger partial charge in [0.05, 0.1) is 29.2 Å². The van der Waals surface area contributed by atoms with E-state index in [1.165, 1.54) is 12.1 Å². The maximum Gasteiger partial charge on any atom is 0.256 e. The largest absolute Gasteiger partial charge is 0.356 e. The number of carbonyl (C=O) groups is 1. The Labute approximate surface area is 222 Å². The Balaban J connectivity index is 1.47. The highest BCUT2D eigenvalue weighted by Crippen LogP contribution is 2.34. The molecule has 9 nitrogen and oxygen atoms in total. The van der Waals surface area contributed by atoms with Crippen molar-refractivity contribution in [1.82, 2.24) is 19.5 Å². The van der Waals surface area contributed by atoms with Gasteiger partial charge in [0.1, 0.15) is 5.82 Å². The van der Waals surface area contributed by atoms with Crippen LogP contribution in [0.1, 0.15) is 66.7 Å². The monoisotopic (exact) mass is 544 g/mol. The van der Waals surface area contributed by atoms with Gasteiger partial charge in [-0.15, -0.1) is 0 Å². The van der Waals surface area contributed by atoms with E-state index in [0.29, 0.717) is 11.6 Å². The molecule has 0 saturated carbocycles. The molecule has 5 rings (SSSR count). The number of aryl methyl sites for hydroxylation is 1. The van der Waals surface area contributed by atoms with Crippen molar-refractivity contribution in [1.29, 1.82) is 0 Å². The minimum Gasteiger partial charge on any atom is -0.356 e. The smallest absolute Gasteiger partial charge is 0.256 e. The summed E-state index contributed by atoms with van der Waals surface area (Å²) in [5.41, 5.74) is 3.06. The van der Waals surface area contributed by atoms with Gasteiger partial charge >= 0.3 is 0 Å². The first-order chi connectivity index (χ1) is 17.6. The number of aromatic nitrogens is 3. The van der Waals surface area contributed by atoms with Gasteiger partial charge < -0.3 is 9.80 Å². The van der Waals surface area contributed by atoms with Crippen LogP contribution in [-0.2, 0) is 10.0 Å². The second kappa shape index (κ2) is 10.1. The van der Waals surface area contributed by atoms with Crippen molar-refractivity contribution >= 4 is 44.7 Å². The van der Waals surface area contributed by atoms with Gasteiger partial charge in [-0.1, -0.05) is 18.5 Å². The molecule has 198 valence electrons. The van der Waals surface area contributed by atoms with Crippen molar-refractivity contribution < 1.29 is 13.2 Å². The summed E-state index contributed by atoms with van der Waals surface area (Å²) in [6.07, 6.45) is 7.99. The van der Waals surface area contributed by atoms with Crippen LogP contribution in [0.25, 0.3) is 5.65 Å². The lowest BCUT2D eigenvalue weighted by atomic mass is 9.98. The van der Waals surface area contributed by atoms with Gasteiger partial charge in [0.25, 0.3) is 5.91 Å². The molecule has 0 unspecified atom stereocenters. The van der Waals surface area contributed by atoms with Crippen LogP contribution in [0, 0.1) is 12.8 Å². The highest BCUT2D eigenvalue weighted by molar-refractivity contribution is 7.92. The van der Waals surface area contributed by atoms with Crippen LogP contribution in [-0.4, -0.2) is 59.7 Å². The number of hydrogen-bond donors (Lipinski definition) is 1. The zero-order valence-electron chi connectivity index (χ0n) is 21.4. The molecule has 0 spiro atoms. The number of nitrogens with zero attached hydrogens (tertiary/aromatic N) is 5. The summed E-state index contributed by atoms with van der Waals surface area (Å²) in [5.74, 6) is 1.46. The van der Waals surface area contributed by atoms with Crippen molar-refractivity contribution in [2.75, 3.05) is 35.5 Å². The van der Waals surface area contributed by atoms with E-state index in [9.17, 15) is 13.2 Å². The van der Waals surface area contributed by atoms with E-state index in [2.05, 4.69) is 23.5 Å². The van der Waals surface area contributed by atoms with Gasteiger partial charge in [0.15, 0.2) is 5.65 Å². The second-order valence-corrected chi connectivity index (χ2v) is 12.5. The summed E-state index contributed by atoms with van der Waals surface area (Å²) in [6.45, 7) is 6.91. The number of carbonyl (C=O) groups excluding carboxylic acids is 1. The predicted octanol–water partition coefficient (Wildman–Crippen LogP) is 4.67. The fourth-order valence-electron chi connectivity index (χ4n) is 5.34. The third-order valence-electron chi connectivity index (χ3n) is 7.32. The third-order valence-corrected chi connectivity index (χ3v) is 8.15. The van der Waals surface area contributed by atoms with Gasteiger partial charge in [-0.3, -0.25) is 9.52 Å². The molecule has 0 radical (unpaired) electrons. The molecule has 37 heavy (non-hydrogen) atoms. The average Bonchev–Trinajstić information content (AvgIpc) is 3.26. The van der Waals surface area contributed by atoms with Crippen molar-refractivity contribution in [3.05, 3.63) is 52.3 Å². The number of sulfonamides is 1. The molecule has 11 heteroatoms. The number of rotatable bonds is 5. The first kappa shape index (κ1) is 25.8. The molecule has 2 aromatic heterocycles. The fourth-order valence-corrected chi connectivity index (χ4v) is 6.09. The summed E-state index contributed by atoms with van der Waals surface area (Å²) in [7, 11) is -3.57. The van der Waals surface area contributed by atoms with E-state index in [-0.39, 0.29) is 23.2 Å². The summed E-state index contributed by atoms with van der Waals surface area (Å²) in [4.78, 5) is 22.9. The van der Waals surface area contributed by atoms with E-state index < -0.39 is 10.0 Å². The molecular formula is C26H33ClN6O3S. The number of anilines is 2. The van der Waals surface area contributed by atoms with Crippen LogP contribution < -0.4 is 9.62 Å². The van der Waals surface area contributed by atoms with Crippen LogP contribution >= 0.6 is 11.6 Å². The number of likely N-dealkylation sites (tertiary alicyclic amines) is 1. The molecule has 1 aromatic carbocycles. The summed E-state index contributed by atoms with van der Waals surface area (Å²) in [6, 6.07) is 6.34. The lowest BCUT2D eigenvalue weighted by molar-refractivity contribution is 0.0607. The average molecular weight is 545 g/mol. The zero-order chi connectivity index (χ0) is 26.3. The predicted molar refractivity (Wildman–Crippen MR) is 146 cm³/mol. The van der Waals surface area contributed by atoms with Crippen molar-refractivity contribution in [3.63, 3.8) is 0 Å². The summed E-state index contributed by atoms with van der Waals surface area (Å²) >= 11 is 6.20. The van der Waals surface area contributed by atoms with Crippen LogP contribution in [0.5, 0.6) is 0 Å². The minimum absolute atomic E-state index is 0.217. The Kier molecular flexibility index (Phi) is 7.06. The molecular weight excluding hydrogens is 512 g/mol. The maximum atomic E-state index is 13.8. The van der Waals surface area contributed by atoms with Crippen LogP contribution in [0.4, 0.5) is 11.5 Å². The molecule has 0 aliphatic carbocycles. The van der Waals surface area contributed by atoms with Crippen LogP contribution in [0.2, 0.25) is 5.02 Å². The lowest BCUT2D eigenvalue weighted by Crippen LogP contribution is -2.39. The summed E-state index contributed by atoms with van der Waals surface area (Å²) < 4.78 is 28.1. The molecule has 4 heterocycles. The molecule has 1 amide bonds. The number of benzene rings is 1. The Bertz CT molecular complexity index is 1430. The Morgan fingerprint density at radius 3 is 2.59 bits per heavy atom. The van der Waals surface area contributed by atoms with Gasteiger partial charge in [-0.2, -0.15) is 5.10 Å². The standard InChI is InChI=1S/C26H33ClN6O3S/c1-17-9-12-31(13-10-17)25-18(2)16-33-24(28-25)15-22(29-33)23-6-4-5-11-32(23)26(34)20-14-19(27)7-8-21(20)30-37(3,35)36/h7-8,14-17,23,30H,4-6,9-13H2,1-3H3/t23-/m0/s1. The highest BCUT2D eigenvalue weighted by Gasteiger charge is 2.32. The number of halogens is 1. The van der Waals surface area contributed by atoms with Crippen LogP contribution in [0.3, 0.4) is 0 Å². The first-order valence-electron chi connectivity index (χ1n) is 12.8. The third kappa shape index (κ3) is 5.55. The normalized spacial score (nSPS) is 19.4. The molecule has 2 saturated heterocycles. The second-order valence-electron chi connectivity index (χ2n) is 10.4. The quantitative estimate of drug-likeness (QED) is 0.501. The Morgan fingerprint density at radius 2 is 1.86 bits per heavy atom. The lowest BCUT2D eigenvalue weighted by Gasteiger charge is -2.35. The highest BCUT2D eigenvalue weighted by atomic mass is 35.5. The van der Waals surface area contributed by atoms with Gasteiger partial charge in [0, 0.05) is 42.5 Å². The number of piperidine rings is 2. The van der Waals surface area contributed by atoms with E-state index >= 15 is 0 Å². The van der Waals surface area contributed by atoms with E-state index in [1.54, 1.807) is 15.5 Å². The molecule has 0 bridgehead atoms. The van der Waals surface area contributed by atoms with Crippen molar-refractivity contribution in [2.45, 2.75) is 52.0 Å². The molecule has 2 aliphatic rings.